The van der Waals surface area contributed by atoms with E-state index in [2.05, 4.69) is 47.0 Å². The Labute approximate surface area is 235 Å². The molecule has 10 heteroatoms. The molecule has 3 aromatic heterocycles. The molecule has 6 rings (SSSR count). The van der Waals surface area contributed by atoms with Crippen LogP contribution in [0.2, 0.25) is 0 Å². The lowest BCUT2D eigenvalue weighted by atomic mass is 9.95. The Kier molecular flexibility index (Phi) is 6.60. The Morgan fingerprint density at radius 1 is 1.10 bits per heavy atom. The number of likely N-dealkylation sites (tertiary alicyclic amines) is 1. The fourth-order valence-electron chi connectivity index (χ4n) is 4.69. The first-order valence-electron chi connectivity index (χ1n) is 12.9. The number of amides is 2. The van der Waals surface area contributed by atoms with Crippen LogP contribution in [0.5, 0.6) is 5.75 Å². The summed E-state index contributed by atoms with van der Waals surface area (Å²) in [6, 6.07) is 15.3. The lowest BCUT2D eigenvalue weighted by Gasteiger charge is -2.39. The van der Waals surface area contributed by atoms with Gasteiger partial charge in [0.2, 0.25) is 5.91 Å². The van der Waals surface area contributed by atoms with E-state index in [1.807, 2.05) is 47.8 Å². The second-order valence-corrected chi connectivity index (χ2v) is 12.6. The zero-order chi connectivity index (χ0) is 27.1. The minimum Gasteiger partial charge on any atom is -0.488 e. The topological polar surface area (TPSA) is 87.7 Å². The van der Waals surface area contributed by atoms with E-state index in [-0.39, 0.29) is 17.2 Å². The number of nitrogens with zero attached hydrogens (tertiary/aromatic N) is 4. The number of fused-ring (bicyclic) bond motifs is 1. The predicted octanol–water partition coefficient (Wildman–Crippen LogP) is 5.95. The summed E-state index contributed by atoms with van der Waals surface area (Å²) in [6.45, 7) is 8.25. The molecule has 1 fully saturated rings. The highest BCUT2D eigenvalue weighted by Crippen LogP contribution is 2.37. The lowest BCUT2D eigenvalue weighted by Crippen LogP contribution is -2.56. The second-order valence-electron chi connectivity index (χ2n) is 10.6. The van der Waals surface area contributed by atoms with Crippen molar-refractivity contribution >= 4 is 51.1 Å². The van der Waals surface area contributed by atoms with Gasteiger partial charge >= 0.3 is 0 Å². The molecule has 200 valence electrons. The minimum absolute atomic E-state index is 0.0133. The molecular formula is C29H29N5O3S2. The van der Waals surface area contributed by atoms with Gasteiger partial charge in [-0.25, -0.2) is 9.97 Å². The highest BCUT2D eigenvalue weighted by atomic mass is 32.1. The largest absolute Gasteiger partial charge is 0.488 e. The number of anilines is 3. The van der Waals surface area contributed by atoms with Crippen LogP contribution >= 0.6 is 22.7 Å². The Balaban J connectivity index is 1.14. The summed E-state index contributed by atoms with van der Waals surface area (Å²) >= 11 is 2.88. The first-order valence-corrected chi connectivity index (χ1v) is 14.6. The van der Waals surface area contributed by atoms with Crippen LogP contribution < -0.4 is 15.0 Å². The summed E-state index contributed by atoms with van der Waals surface area (Å²) in [5.41, 5.74) is 2.71. The molecule has 0 bridgehead atoms. The quantitative estimate of drug-likeness (QED) is 0.325. The third kappa shape index (κ3) is 5.02. The van der Waals surface area contributed by atoms with Gasteiger partial charge in [0.05, 0.1) is 17.1 Å². The first-order chi connectivity index (χ1) is 18.8. The molecule has 5 heterocycles. The van der Waals surface area contributed by atoms with E-state index in [1.54, 1.807) is 11.1 Å². The smallest absolute Gasteiger partial charge is 0.264 e. The van der Waals surface area contributed by atoms with Crippen LogP contribution in [0.3, 0.4) is 0 Å². The molecule has 0 unspecified atom stereocenters. The van der Waals surface area contributed by atoms with Gasteiger partial charge in [0, 0.05) is 34.2 Å². The molecule has 0 aliphatic carbocycles. The molecule has 1 saturated heterocycles. The number of thiazole rings is 1. The number of rotatable bonds is 5. The van der Waals surface area contributed by atoms with Crippen molar-refractivity contribution in [2.75, 3.05) is 29.9 Å². The summed E-state index contributed by atoms with van der Waals surface area (Å²) in [7, 11) is 0. The van der Waals surface area contributed by atoms with Crippen molar-refractivity contribution in [3.8, 4) is 17.0 Å². The highest BCUT2D eigenvalue weighted by molar-refractivity contribution is 7.14. The number of carbonyl (C=O) groups is 2. The average molecular weight is 560 g/mol. The number of carbonyl (C=O) groups excluding carboxylic acids is 2. The monoisotopic (exact) mass is 559 g/mol. The molecule has 8 nitrogen and oxygen atoms in total. The molecule has 0 radical (unpaired) electrons. The van der Waals surface area contributed by atoms with Crippen LogP contribution in [0.15, 0.2) is 60.1 Å². The lowest BCUT2D eigenvalue weighted by molar-refractivity contribution is -0.123. The van der Waals surface area contributed by atoms with Crippen LogP contribution in [0.25, 0.3) is 11.3 Å². The maximum absolute atomic E-state index is 13.1. The fraction of sp³-hybridized carbons (Fsp3) is 0.310. The van der Waals surface area contributed by atoms with Gasteiger partial charge in [-0.2, -0.15) is 0 Å². The maximum Gasteiger partial charge on any atom is 0.264 e. The molecule has 1 aromatic carbocycles. The molecule has 1 N–H and O–H groups in total. The van der Waals surface area contributed by atoms with Crippen LogP contribution in [0.4, 0.5) is 16.6 Å². The van der Waals surface area contributed by atoms with E-state index in [1.165, 1.54) is 22.7 Å². The highest BCUT2D eigenvalue weighted by Gasteiger charge is 2.39. The van der Waals surface area contributed by atoms with Crippen LogP contribution in [-0.4, -0.2) is 52.4 Å². The normalized spacial score (nSPS) is 16.7. The zero-order valence-corrected chi connectivity index (χ0v) is 23.6. The molecular weight excluding hydrogens is 530 g/mol. The number of ether oxygens (including phenoxy) is 1. The van der Waals surface area contributed by atoms with Crippen molar-refractivity contribution in [3.05, 3.63) is 69.9 Å². The van der Waals surface area contributed by atoms with E-state index in [0.29, 0.717) is 36.1 Å². The number of nitrogens with one attached hydrogen (secondary N) is 1. The molecule has 39 heavy (non-hydrogen) atoms. The van der Waals surface area contributed by atoms with Gasteiger partial charge in [0.1, 0.15) is 12.6 Å². The van der Waals surface area contributed by atoms with Crippen LogP contribution in [0.1, 0.15) is 41.7 Å². The SMILES string of the molecule is CC(C)(C)c1ccc(C(=O)N2CC[C@H]2C(=O)Nc2nc(-c3cccc(N4CCOc5cccnc54)c3)cs2)s1. The van der Waals surface area contributed by atoms with Crippen molar-refractivity contribution in [1.29, 1.82) is 0 Å². The number of hydrogen-bond donors (Lipinski definition) is 1. The summed E-state index contributed by atoms with van der Waals surface area (Å²) in [5, 5.41) is 5.38. The Hall–Kier alpha value is -3.76. The van der Waals surface area contributed by atoms with Crippen molar-refractivity contribution in [1.82, 2.24) is 14.9 Å². The first kappa shape index (κ1) is 25.5. The Morgan fingerprint density at radius 3 is 2.74 bits per heavy atom. The third-order valence-corrected chi connectivity index (χ3v) is 9.16. The van der Waals surface area contributed by atoms with Gasteiger partial charge in [-0.05, 0) is 48.2 Å². The van der Waals surface area contributed by atoms with Crippen molar-refractivity contribution in [2.45, 2.75) is 38.6 Å². The molecule has 0 saturated carbocycles. The number of pyridine rings is 1. The van der Waals surface area contributed by atoms with E-state index < -0.39 is 6.04 Å². The Morgan fingerprint density at radius 2 is 1.97 bits per heavy atom. The average Bonchev–Trinajstić information content (AvgIpc) is 3.58. The molecule has 2 aliphatic heterocycles. The third-order valence-electron chi connectivity index (χ3n) is 6.91. The van der Waals surface area contributed by atoms with Gasteiger partial charge in [0.15, 0.2) is 16.7 Å². The van der Waals surface area contributed by atoms with Gasteiger partial charge < -0.3 is 19.9 Å². The summed E-state index contributed by atoms with van der Waals surface area (Å²) in [4.78, 5) is 41.0. The molecule has 2 aliphatic rings. The predicted molar refractivity (Wildman–Crippen MR) is 155 cm³/mol. The number of hydrogen-bond acceptors (Lipinski definition) is 8. The van der Waals surface area contributed by atoms with E-state index in [9.17, 15) is 9.59 Å². The van der Waals surface area contributed by atoms with Crippen molar-refractivity contribution in [3.63, 3.8) is 0 Å². The summed E-state index contributed by atoms with van der Waals surface area (Å²) in [6.07, 6.45) is 2.41. The van der Waals surface area contributed by atoms with Crippen LogP contribution in [-0.2, 0) is 10.2 Å². The molecule has 0 spiro atoms. The Bertz CT molecular complexity index is 1540. The standard InChI is InChI=1S/C29H29N5O3S2/c1-29(2,3)24-10-9-23(39-24)27(36)34-13-11-21(34)26(35)32-28-31-20(17-38-28)18-6-4-7-19(16-18)33-14-15-37-22-8-5-12-30-25(22)33/h4-10,12,16-17,21H,11,13-15H2,1-3H3,(H,31,32,35)/t21-/m0/s1. The van der Waals surface area contributed by atoms with Gasteiger partial charge in [-0.3, -0.25) is 9.59 Å². The molecule has 1 atom stereocenters. The summed E-state index contributed by atoms with van der Waals surface area (Å²) in [5.74, 6) is 1.28. The van der Waals surface area contributed by atoms with Crippen LogP contribution in [0, 0.1) is 0 Å². The van der Waals surface area contributed by atoms with E-state index in [0.717, 1.165) is 33.4 Å². The number of benzene rings is 1. The van der Waals surface area contributed by atoms with E-state index in [4.69, 9.17) is 4.74 Å². The van der Waals surface area contributed by atoms with Gasteiger partial charge in [-0.1, -0.05) is 32.9 Å². The molecule has 4 aromatic rings. The van der Waals surface area contributed by atoms with Crippen molar-refractivity contribution in [2.24, 2.45) is 0 Å². The zero-order valence-electron chi connectivity index (χ0n) is 22.0. The van der Waals surface area contributed by atoms with Gasteiger partial charge in [0.25, 0.3) is 5.91 Å². The molecule has 2 amide bonds. The van der Waals surface area contributed by atoms with Crippen molar-refractivity contribution < 1.29 is 14.3 Å². The fourth-order valence-corrected chi connectivity index (χ4v) is 6.43. The van der Waals surface area contributed by atoms with E-state index >= 15 is 0 Å². The number of aromatic nitrogens is 2. The maximum atomic E-state index is 13.1. The minimum atomic E-state index is -0.484. The summed E-state index contributed by atoms with van der Waals surface area (Å²) < 4.78 is 5.75. The number of thiophene rings is 1. The second kappa shape index (κ2) is 10.1. The van der Waals surface area contributed by atoms with Gasteiger partial charge in [-0.15, -0.1) is 22.7 Å².